The van der Waals surface area contributed by atoms with Crippen molar-refractivity contribution in [1.82, 2.24) is 0 Å². The first-order valence-corrected chi connectivity index (χ1v) is 6.77. The summed E-state index contributed by atoms with van der Waals surface area (Å²) >= 11 is 5.17. The summed E-state index contributed by atoms with van der Waals surface area (Å²) in [6.07, 6.45) is 0. The van der Waals surface area contributed by atoms with Crippen molar-refractivity contribution in [2.45, 2.75) is 11.8 Å². The molecule has 0 aromatic heterocycles. The highest BCUT2D eigenvalue weighted by Gasteiger charge is 2.25. The lowest BCUT2D eigenvalue weighted by Crippen LogP contribution is -2.03. The maximum atomic E-state index is 11.1. The molecule has 0 unspecified atom stereocenters. The summed E-state index contributed by atoms with van der Waals surface area (Å²) in [7, 11) is 0.986. The fourth-order valence-electron chi connectivity index (χ4n) is 1.25. The van der Waals surface area contributed by atoms with E-state index in [0.29, 0.717) is 6.07 Å². The van der Waals surface area contributed by atoms with Gasteiger partial charge in [-0.1, -0.05) is 0 Å². The minimum Gasteiger partial charge on any atom is -0.275 e. The molecule has 0 fully saturated rings. The van der Waals surface area contributed by atoms with Crippen molar-refractivity contribution in [3.05, 3.63) is 33.4 Å². The predicted octanol–water partition coefficient (Wildman–Crippen LogP) is 2.21. The van der Waals surface area contributed by atoms with Crippen molar-refractivity contribution in [2.24, 2.45) is 0 Å². The second kappa shape index (κ2) is 4.59. The molecule has 0 radical (unpaired) electrons. The molecule has 9 heteroatoms. The van der Waals surface area contributed by atoms with Crippen LogP contribution in [0, 0.1) is 17.0 Å². The molecule has 0 aliphatic carbocycles. The van der Waals surface area contributed by atoms with E-state index in [1.807, 2.05) is 0 Å². The van der Waals surface area contributed by atoms with Gasteiger partial charge in [0.05, 0.1) is 9.82 Å². The van der Waals surface area contributed by atoms with Crippen molar-refractivity contribution in [2.75, 3.05) is 0 Å². The molecular formula is C8H5Cl2NO5S. The Labute approximate surface area is 106 Å². The predicted molar refractivity (Wildman–Crippen MR) is 61.1 cm³/mol. The summed E-state index contributed by atoms with van der Waals surface area (Å²) in [5, 5.41) is 9.63. The molecule has 1 aromatic rings. The summed E-state index contributed by atoms with van der Waals surface area (Å²) in [6.45, 7) is 1.35. The average Bonchev–Trinajstić information content (AvgIpc) is 2.14. The monoisotopic (exact) mass is 297 g/mol. The Kier molecular flexibility index (Phi) is 3.75. The molecule has 6 nitrogen and oxygen atoms in total. The van der Waals surface area contributed by atoms with E-state index in [9.17, 15) is 23.3 Å². The smallest absolute Gasteiger partial charge is 0.275 e. The highest BCUT2D eigenvalue weighted by Crippen LogP contribution is 2.29. The molecule has 0 aliphatic heterocycles. The van der Waals surface area contributed by atoms with Crippen LogP contribution in [0.15, 0.2) is 17.0 Å². The highest BCUT2D eigenvalue weighted by atomic mass is 35.7. The Morgan fingerprint density at radius 1 is 1.41 bits per heavy atom. The standard InChI is InChI=1S/C8H5Cl2NO5S/c1-4-2-5(8(9)12)6(11(13)14)3-7(4)17(10,15)16/h2-3H,1H3. The zero-order chi connectivity index (χ0) is 13.4. The average molecular weight is 298 g/mol. The van der Waals surface area contributed by atoms with Crippen LogP contribution < -0.4 is 0 Å². The highest BCUT2D eigenvalue weighted by molar-refractivity contribution is 8.13. The fourth-order valence-corrected chi connectivity index (χ4v) is 2.59. The van der Waals surface area contributed by atoms with Crippen LogP contribution in [0.3, 0.4) is 0 Å². The van der Waals surface area contributed by atoms with Crippen molar-refractivity contribution in [3.8, 4) is 0 Å². The van der Waals surface area contributed by atoms with Gasteiger partial charge in [0.25, 0.3) is 20.0 Å². The fraction of sp³-hybridized carbons (Fsp3) is 0.125. The van der Waals surface area contributed by atoms with Crippen LogP contribution in [0.1, 0.15) is 15.9 Å². The van der Waals surface area contributed by atoms with Crippen molar-refractivity contribution in [1.29, 1.82) is 0 Å². The molecule has 0 heterocycles. The normalized spacial score (nSPS) is 11.2. The van der Waals surface area contributed by atoms with Gasteiger partial charge in [-0.15, -0.1) is 0 Å². The van der Waals surface area contributed by atoms with E-state index in [-0.39, 0.29) is 11.1 Å². The molecule has 0 aliphatic rings. The van der Waals surface area contributed by atoms with E-state index in [4.69, 9.17) is 22.3 Å². The number of hydrogen-bond acceptors (Lipinski definition) is 5. The quantitative estimate of drug-likeness (QED) is 0.484. The van der Waals surface area contributed by atoms with E-state index < -0.39 is 29.8 Å². The second-order valence-corrected chi connectivity index (χ2v) is 5.98. The molecule has 92 valence electrons. The van der Waals surface area contributed by atoms with Crippen molar-refractivity contribution in [3.63, 3.8) is 0 Å². The number of halogens is 2. The lowest BCUT2D eigenvalue weighted by molar-refractivity contribution is -0.385. The number of aryl methyl sites for hydroxylation is 1. The number of carbonyl (C=O) groups excluding carboxylic acids is 1. The minimum atomic E-state index is -4.12. The number of rotatable bonds is 3. The summed E-state index contributed by atoms with van der Waals surface area (Å²) in [5.74, 6) is 0. The van der Waals surface area contributed by atoms with Gasteiger partial charge >= 0.3 is 0 Å². The summed E-state index contributed by atoms with van der Waals surface area (Å²) in [5.41, 5.74) is -0.970. The number of benzene rings is 1. The second-order valence-electron chi connectivity index (χ2n) is 3.10. The number of nitro groups is 1. The third-order valence-electron chi connectivity index (χ3n) is 1.96. The maximum absolute atomic E-state index is 11.1. The Balaban J connectivity index is 3.69. The number of hydrogen-bond donors (Lipinski definition) is 0. The van der Waals surface area contributed by atoms with E-state index in [1.165, 1.54) is 6.92 Å². The van der Waals surface area contributed by atoms with E-state index >= 15 is 0 Å². The summed E-state index contributed by atoms with van der Waals surface area (Å²) in [6, 6.07) is 1.73. The molecule has 17 heavy (non-hydrogen) atoms. The maximum Gasteiger partial charge on any atom is 0.282 e. The van der Waals surface area contributed by atoms with Gasteiger partial charge in [0.15, 0.2) is 0 Å². The van der Waals surface area contributed by atoms with E-state index in [1.54, 1.807) is 0 Å². The lowest BCUT2D eigenvalue weighted by atomic mass is 10.1. The first-order chi connectivity index (χ1) is 7.64. The molecule has 0 atom stereocenters. The molecule has 1 aromatic carbocycles. The van der Waals surface area contributed by atoms with Gasteiger partial charge in [0.1, 0.15) is 5.56 Å². The molecule has 0 saturated heterocycles. The van der Waals surface area contributed by atoms with Gasteiger partial charge in [-0.05, 0) is 30.2 Å². The zero-order valence-electron chi connectivity index (χ0n) is 8.31. The first-order valence-electron chi connectivity index (χ1n) is 4.08. The first kappa shape index (κ1) is 13.9. The lowest BCUT2D eigenvalue weighted by Gasteiger charge is -2.04. The van der Waals surface area contributed by atoms with E-state index in [2.05, 4.69) is 0 Å². The van der Waals surface area contributed by atoms with Gasteiger partial charge in [-0.25, -0.2) is 8.42 Å². The van der Waals surface area contributed by atoms with Crippen LogP contribution >= 0.6 is 22.3 Å². The number of carbonyl (C=O) groups is 1. The van der Waals surface area contributed by atoms with Crippen LogP contribution in [-0.4, -0.2) is 18.6 Å². The van der Waals surface area contributed by atoms with Crippen molar-refractivity contribution < 1.29 is 18.1 Å². The Morgan fingerprint density at radius 2 is 1.94 bits per heavy atom. The van der Waals surface area contributed by atoms with Crippen molar-refractivity contribution >= 4 is 42.3 Å². The number of nitro benzene ring substituents is 1. The van der Waals surface area contributed by atoms with Gasteiger partial charge in [-0.2, -0.15) is 0 Å². The van der Waals surface area contributed by atoms with Crippen LogP contribution in [0.4, 0.5) is 5.69 Å². The summed E-state index contributed by atoms with van der Waals surface area (Å²) < 4.78 is 22.3. The molecule has 0 bridgehead atoms. The van der Waals surface area contributed by atoms with Gasteiger partial charge in [0, 0.05) is 16.7 Å². The van der Waals surface area contributed by atoms with Crippen LogP contribution in [-0.2, 0) is 9.05 Å². The SMILES string of the molecule is Cc1cc(C(=O)Cl)c([N+](=O)[O-])cc1S(=O)(=O)Cl. The minimum absolute atomic E-state index is 0.106. The van der Waals surface area contributed by atoms with Gasteiger partial charge < -0.3 is 0 Å². The molecule has 0 amide bonds. The third-order valence-corrected chi connectivity index (χ3v) is 3.63. The van der Waals surface area contributed by atoms with E-state index in [0.717, 1.165) is 6.07 Å². The van der Waals surface area contributed by atoms with Crippen LogP contribution in [0.5, 0.6) is 0 Å². The molecule has 0 spiro atoms. The Morgan fingerprint density at radius 3 is 2.29 bits per heavy atom. The molecule has 0 N–H and O–H groups in total. The Hall–Kier alpha value is -1.18. The van der Waals surface area contributed by atoms with Crippen LogP contribution in [0.25, 0.3) is 0 Å². The molecule has 0 saturated carbocycles. The van der Waals surface area contributed by atoms with Crippen LogP contribution in [0.2, 0.25) is 0 Å². The van der Waals surface area contributed by atoms with Gasteiger partial charge in [-0.3, -0.25) is 14.9 Å². The zero-order valence-corrected chi connectivity index (χ0v) is 10.6. The number of nitrogens with zero attached hydrogens (tertiary/aromatic N) is 1. The summed E-state index contributed by atoms with van der Waals surface area (Å²) in [4.78, 5) is 20.3. The van der Waals surface area contributed by atoms with Gasteiger partial charge in [0.2, 0.25) is 0 Å². The Bertz CT molecular complexity index is 611. The third kappa shape index (κ3) is 2.93. The topological polar surface area (TPSA) is 94.3 Å². The molecular weight excluding hydrogens is 293 g/mol. The largest absolute Gasteiger partial charge is 0.282 e. The molecule has 1 rings (SSSR count).